The minimum Gasteiger partial charge on any atom is -0.313 e. The molecule has 0 aromatic heterocycles. The normalized spacial score (nSPS) is 11.4. The van der Waals surface area contributed by atoms with Crippen molar-refractivity contribution in [2.45, 2.75) is 18.4 Å². The maximum atomic E-state index is 13.1. The van der Waals surface area contributed by atoms with Crippen LogP contribution < -0.4 is 10.0 Å². The van der Waals surface area contributed by atoms with Crippen LogP contribution in [0, 0.1) is 11.6 Å². The van der Waals surface area contributed by atoms with Crippen LogP contribution in [0.1, 0.15) is 12.5 Å². The van der Waals surface area contributed by atoms with Gasteiger partial charge in [0.1, 0.15) is 0 Å². The van der Waals surface area contributed by atoms with Gasteiger partial charge in [-0.1, -0.05) is 19.1 Å². The lowest BCUT2D eigenvalue weighted by Gasteiger charge is -2.09. The largest absolute Gasteiger partial charge is 0.313 e. The molecule has 2 rings (SSSR count). The van der Waals surface area contributed by atoms with Gasteiger partial charge in [-0.25, -0.2) is 17.2 Å². The summed E-state index contributed by atoms with van der Waals surface area (Å²) in [5.41, 5.74) is 0.921. The Kier molecular flexibility index (Phi) is 5.10. The summed E-state index contributed by atoms with van der Waals surface area (Å²) in [6, 6.07) is 9.16. The van der Waals surface area contributed by atoms with E-state index in [1.807, 2.05) is 6.92 Å². The van der Waals surface area contributed by atoms with Crippen LogP contribution in [0.15, 0.2) is 47.4 Å². The van der Waals surface area contributed by atoms with E-state index in [1.54, 1.807) is 12.1 Å². The molecule has 0 radical (unpaired) electrons. The molecule has 0 fully saturated rings. The van der Waals surface area contributed by atoms with Crippen LogP contribution in [0.3, 0.4) is 0 Å². The first-order valence-corrected chi connectivity index (χ1v) is 8.18. The van der Waals surface area contributed by atoms with E-state index in [2.05, 4.69) is 10.0 Å². The first kappa shape index (κ1) is 16.4. The van der Waals surface area contributed by atoms with Gasteiger partial charge in [-0.15, -0.1) is 0 Å². The molecule has 0 bridgehead atoms. The second-order valence-corrected chi connectivity index (χ2v) is 6.34. The van der Waals surface area contributed by atoms with Crippen LogP contribution in [0.5, 0.6) is 0 Å². The summed E-state index contributed by atoms with van der Waals surface area (Å²) >= 11 is 0. The van der Waals surface area contributed by atoms with E-state index in [9.17, 15) is 17.2 Å². The quantitative estimate of drug-likeness (QED) is 0.858. The fraction of sp³-hybridized carbons (Fsp3) is 0.200. The fourth-order valence-electron chi connectivity index (χ4n) is 1.83. The average Bonchev–Trinajstić information content (AvgIpc) is 2.49. The van der Waals surface area contributed by atoms with Gasteiger partial charge in [0.2, 0.25) is 0 Å². The highest BCUT2D eigenvalue weighted by molar-refractivity contribution is 7.92. The van der Waals surface area contributed by atoms with Gasteiger partial charge in [-0.05, 0) is 36.4 Å². The standard InChI is InChI=1S/C15H16F2N2O2S/c1-2-18-10-11-3-6-13(7-4-11)22(20,21)19-12-5-8-14(16)15(17)9-12/h3-9,18-19H,2,10H2,1H3. The molecule has 2 aromatic carbocycles. The Hall–Kier alpha value is -1.99. The Morgan fingerprint density at radius 3 is 2.27 bits per heavy atom. The Labute approximate surface area is 128 Å². The third-order valence-corrected chi connectivity index (χ3v) is 4.38. The molecule has 0 unspecified atom stereocenters. The molecule has 7 heteroatoms. The minimum absolute atomic E-state index is 0.0318. The lowest BCUT2D eigenvalue weighted by Crippen LogP contribution is -2.14. The van der Waals surface area contributed by atoms with Crippen LogP contribution >= 0.6 is 0 Å². The molecule has 118 valence electrons. The fourth-order valence-corrected chi connectivity index (χ4v) is 2.88. The summed E-state index contributed by atoms with van der Waals surface area (Å²) in [5, 5.41) is 3.13. The Morgan fingerprint density at radius 2 is 1.68 bits per heavy atom. The van der Waals surface area contributed by atoms with E-state index in [1.165, 1.54) is 12.1 Å². The van der Waals surface area contributed by atoms with Crippen molar-refractivity contribution in [3.05, 3.63) is 59.7 Å². The van der Waals surface area contributed by atoms with Gasteiger partial charge in [0.05, 0.1) is 10.6 Å². The molecule has 22 heavy (non-hydrogen) atoms. The van der Waals surface area contributed by atoms with Gasteiger partial charge < -0.3 is 5.32 Å². The molecule has 4 nitrogen and oxygen atoms in total. The van der Waals surface area contributed by atoms with Crippen molar-refractivity contribution >= 4 is 15.7 Å². The van der Waals surface area contributed by atoms with Crippen molar-refractivity contribution in [3.63, 3.8) is 0 Å². The molecule has 2 N–H and O–H groups in total. The van der Waals surface area contributed by atoms with E-state index >= 15 is 0 Å². The number of hydrogen-bond acceptors (Lipinski definition) is 3. The van der Waals surface area contributed by atoms with Crippen molar-refractivity contribution < 1.29 is 17.2 Å². The molecule has 0 heterocycles. The Morgan fingerprint density at radius 1 is 1.00 bits per heavy atom. The maximum absolute atomic E-state index is 13.1. The minimum atomic E-state index is -3.84. The molecule has 0 saturated carbocycles. The number of nitrogens with one attached hydrogen (secondary N) is 2. The van der Waals surface area contributed by atoms with Gasteiger partial charge in [0.15, 0.2) is 11.6 Å². The first-order chi connectivity index (χ1) is 10.4. The van der Waals surface area contributed by atoms with E-state index in [-0.39, 0.29) is 10.6 Å². The molecule has 0 atom stereocenters. The van der Waals surface area contributed by atoms with Gasteiger partial charge in [0, 0.05) is 12.6 Å². The van der Waals surface area contributed by atoms with Crippen LogP contribution in [-0.2, 0) is 16.6 Å². The lowest BCUT2D eigenvalue weighted by atomic mass is 10.2. The van der Waals surface area contributed by atoms with Gasteiger partial charge in [-0.2, -0.15) is 0 Å². The molecule has 0 spiro atoms. The highest BCUT2D eigenvalue weighted by atomic mass is 32.2. The third kappa shape index (κ3) is 4.02. The number of benzene rings is 2. The molecule has 0 saturated heterocycles. The summed E-state index contributed by atoms with van der Waals surface area (Å²) < 4.78 is 52.5. The first-order valence-electron chi connectivity index (χ1n) is 6.70. The molecule has 0 aliphatic heterocycles. The second-order valence-electron chi connectivity index (χ2n) is 4.66. The summed E-state index contributed by atoms with van der Waals surface area (Å²) in [6.07, 6.45) is 0. The van der Waals surface area contributed by atoms with Gasteiger partial charge in [0.25, 0.3) is 10.0 Å². The summed E-state index contributed by atoms with van der Waals surface area (Å²) in [4.78, 5) is 0.0532. The van der Waals surface area contributed by atoms with E-state index in [4.69, 9.17) is 0 Å². The molecular formula is C15H16F2N2O2S. The average molecular weight is 326 g/mol. The van der Waals surface area contributed by atoms with Crippen LogP contribution in [-0.4, -0.2) is 15.0 Å². The topological polar surface area (TPSA) is 58.2 Å². The number of hydrogen-bond donors (Lipinski definition) is 2. The predicted octanol–water partition coefficient (Wildman–Crippen LogP) is 2.88. The zero-order valence-electron chi connectivity index (χ0n) is 11.9. The SMILES string of the molecule is CCNCc1ccc(S(=O)(=O)Nc2ccc(F)c(F)c2)cc1. The Balaban J connectivity index is 2.17. The van der Waals surface area contributed by atoms with Crippen LogP contribution in [0.2, 0.25) is 0 Å². The predicted molar refractivity (Wildman–Crippen MR) is 81.0 cm³/mol. The summed E-state index contributed by atoms with van der Waals surface area (Å²) in [7, 11) is -3.84. The van der Waals surface area contributed by atoms with Gasteiger partial charge in [-0.3, -0.25) is 4.72 Å². The van der Waals surface area contributed by atoms with Crippen molar-refractivity contribution in [2.24, 2.45) is 0 Å². The Bertz CT molecular complexity index is 747. The van der Waals surface area contributed by atoms with Crippen molar-refractivity contribution in [1.82, 2.24) is 5.32 Å². The number of anilines is 1. The molecular weight excluding hydrogens is 310 g/mol. The zero-order chi connectivity index (χ0) is 16.2. The second kappa shape index (κ2) is 6.85. The number of rotatable bonds is 6. The van der Waals surface area contributed by atoms with Crippen LogP contribution in [0.25, 0.3) is 0 Å². The lowest BCUT2D eigenvalue weighted by molar-refractivity contribution is 0.509. The number of sulfonamides is 1. The molecule has 0 amide bonds. The molecule has 2 aromatic rings. The summed E-state index contributed by atoms with van der Waals surface area (Å²) in [6.45, 7) is 3.44. The molecule has 0 aliphatic carbocycles. The highest BCUT2D eigenvalue weighted by Crippen LogP contribution is 2.18. The van der Waals surface area contributed by atoms with E-state index in [0.717, 1.165) is 30.3 Å². The van der Waals surface area contributed by atoms with Gasteiger partial charge >= 0.3 is 0 Å². The molecule has 0 aliphatic rings. The smallest absolute Gasteiger partial charge is 0.261 e. The van der Waals surface area contributed by atoms with Crippen molar-refractivity contribution in [2.75, 3.05) is 11.3 Å². The maximum Gasteiger partial charge on any atom is 0.261 e. The van der Waals surface area contributed by atoms with E-state index < -0.39 is 21.7 Å². The third-order valence-electron chi connectivity index (χ3n) is 2.98. The van der Waals surface area contributed by atoms with E-state index in [0.29, 0.717) is 6.54 Å². The van der Waals surface area contributed by atoms with Crippen molar-refractivity contribution in [1.29, 1.82) is 0 Å². The zero-order valence-corrected chi connectivity index (χ0v) is 12.8. The number of halogens is 2. The monoisotopic (exact) mass is 326 g/mol. The van der Waals surface area contributed by atoms with Crippen LogP contribution in [0.4, 0.5) is 14.5 Å². The van der Waals surface area contributed by atoms with Crippen molar-refractivity contribution in [3.8, 4) is 0 Å². The summed E-state index contributed by atoms with van der Waals surface area (Å²) in [5.74, 6) is -2.14. The highest BCUT2D eigenvalue weighted by Gasteiger charge is 2.15.